The second kappa shape index (κ2) is 10.5. The summed E-state index contributed by atoms with van der Waals surface area (Å²) < 4.78 is 29.3. The van der Waals surface area contributed by atoms with E-state index in [9.17, 15) is 13.2 Å². The van der Waals surface area contributed by atoms with Crippen molar-refractivity contribution in [1.82, 2.24) is 24.5 Å². The monoisotopic (exact) mass is 557 g/mol. The highest BCUT2D eigenvalue weighted by molar-refractivity contribution is 7.89. The van der Waals surface area contributed by atoms with E-state index in [1.165, 1.54) is 27.4 Å². The highest BCUT2D eigenvalue weighted by atomic mass is 35.5. The zero-order valence-electron chi connectivity index (χ0n) is 19.3. The largest absolute Gasteiger partial charge is 0.369 e. The number of anilines is 2. The summed E-state index contributed by atoms with van der Waals surface area (Å²) in [5.41, 5.74) is 2.20. The third-order valence-corrected chi connectivity index (χ3v) is 8.29. The molecule has 190 valence electrons. The van der Waals surface area contributed by atoms with Crippen molar-refractivity contribution in [2.75, 3.05) is 36.4 Å². The molecule has 0 aliphatic carbocycles. The zero-order valence-corrected chi connectivity index (χ0v) is 21.7. The maximum atomic E-state index is 13.2. The van der Waals surface area contributed by atoms with Gasteiger partial charge in [0.2, 0.25) is 10.0 Å². The second-order valence-corrected chi connectivity index (χ2v) is 11.1. The van der Waals surface area contributed by atoms with Crippen LogP contribution in [0.4, 0.5) is 11.4 Å². The molecule has 1 N–H and O–H groups in total. The lowest BCUT2D eigenvalue weighted by Crippen LogP contribution is -2.48. The van der Waals surface area contributed by atoms with Gasteiger partial charge in [-0.2, -0.15) is 8.99 Å². The first kappa shape index (κ1) is 25.2. The van der Waals surface area contributed by atoms with Gasteiger partial charge in [-0.3, -0.25) is 4.79 Å². The Morgan fingerprint density at radius 3 is 2.22 bits per heavy atom. The fourth-order valence-corrected chi connectivity index (χ4v) is 6.04. The van der Waals surface area contributed by atoms with Gasteiger partial charge in [-0.25, -0.2) is 8.42 Å². The smallest absolute Gasteiger partial charge is 0.257 e. The van der Waals surface area contributed by atoms with Crippen LogP contribution in [-0.2, 0) is 10.0 Å². The number of carbonyl (C=O) groups excluding carboxylic acids is 1. The van der Waals surface area contributed by atoms with Crippen LogP contribution < -0.4 is 10.2 Å². The first-order valence-electron chi connectivity index (χ1n) is 11.3. The van der Waals surface area contributed by atoms with Gasteiger partial charge < -0.3 is 10.2 Å². The van der Waals surface area contributed by atoms with E-state index in [4.69, 9.17) is 23.2 Å². The van der Waals surface area contributed by atoms with Crippen LogP contribution in [0.5, 0.6) is 0 Å². The van der Waals surface area contributed by atoms with Crippen LogP contribution in [0.25, 0.3) is 5.69 Å². The molecular weight excluding hydrogens is 537 g/mol. The Hall–Kier alpha value is -3.51. The van der Waals surface area contributed by atoms with Crippen LogP contribution in [0.3, 0.4) is 0 Å². The van der Waals surface area contributed by atoms with E-state index in [0.717, 1.165) is 5.69 Å². The van der Waals surface area contributed by atoms with E-state index in [0.29, 0.717) is 53.2 Å². The van der Waals surface area contributed by atoms with Gasteiger partial charge in [0.25, 0.3) is 5.91 Å². The van der Waals surface area contributed by atoms with Crippen molar-refractivity contribution in [3.63, 3.8) is 0 Å². The Morgan fingerprint density at radius 2 is 1.57 bits per heavy atom. The van der Waals surface area contributed by atoms with E-state index < -0.39 is 10.0 Å². The number of para-hydroxylation sites is 1. The molecule has 37 heavy (non-hydrogen) atoms. The van der Waals surface area contributed by atoms with Crippen LogP contribution in [-0.4, -0.2) is 65.0 Å². The lowest BCUT2D eigenvalue weighted by atomic mass is 10.1. The maximum Gasteiger partial charge on any atom is 0.257 e. The quantitative estimate of drug-likeness (QED) is 0.384. The first-order chi connectivity index (χ1) is 17.8. The molecule has 0 radical (unpaired) electrons. The molecule has 2 heterocycles. The van der Waals surface area contributed by atoms with Crippen LogP contribution >= 0.6 is 23.2 Å². The third kappa shape index (κ3) is 5.44. The van der Waals surface area contributed by atoms with Gasteiger partial charge in [-0.15, -0.1) is 5.10 Å². The van der Waals surface area contributed by atoms with Crippen molar-refractivity contribution in [3.05, 3.63) is 88.7 Å². The molecule has 1 aliphatic rings. The van der Waals surface area contributed by atoms with E-state index in [-0.39, 0.29) is 10.8 Å². The average molecular weight is 558 g/mol. The van der Waals surface area contributed by atoms with E-state index in [2.05, 4.69) is 25.7 Å². The van der Waals surface area contributed by atoms with Gasteiger partial charge in [-0.1, -0.05) is 35.3 Å². The normalized spacial score (nSPS) is 14.5. The molecule has 1 saturated heterocycles. The molecule has 10 nitrogen and oxygen atoms in total. The van der Waals surface area contributed by atoms with E-state index in [1.807, 2.05) is 12.1 Å². The van der Waals surface area contributed by atoms with Crippen molar-refractivity contribution in [2.45, 2.75) is 4.90 Å². The molecule has 1 aliphatic heterocycles. The molecule has 1 aromatic heterocycles. The number of halogens is 2. The molecule has 4 aromatic rings. The number of hydrogen-bond donors (Lipinski definition) is 1. The highest BCUT2D eigenvalue weighted by Gasteiger charge is 2.29. The third-order valence-electron chi connectivity index (χ3n) is 5.95. The number of hydrogen-bond acceptors (Lipinski definition) is 7. The maximum absolute atomic E-state index is 13.2. The lowest BCUT2D eigenvalue weighted by molar-refractivity contribution is 0.102. The standard InChI is InChI=1S/C24H21Cl2N7O3S/c25-17-13-18(26)15-20(14-17)31-9-11-32(12-10-31)37(35,36)21-7-5-19(6-8-21)28-24(34)22-3-1-2-4-23(22)33-16-27-29-30-33/h1-8,13-16H,9-12H2,(H,28,34). The Labute approximate surface area is 223 Å². The molecule has 3 aromatic carbocycles. The Kier molecular flexibility index (Phi) is 7.11. The summed E-state index contributed by atoms with van der Waals surface area (Å²) in [6.07, 6.45) is 1.40. The van der Waals surface area contributed by atoms with E-state index in [1.54, 1.807) is 42.5 Å². The zero-order chi connectivity index (χ0) is 26.0. The summed E-state index contributed by atoms with van der Waals surface area (Å²) in [5, 5.41) is 14.9. The van der Waals surface area contributed by atoms with Crippen LogP contribution in [0.1, 0.15) is 10.4 Å². The predicted molar refractivity (Wildman–Crippen MR) is 141 cm³/mol. The number of nitrogens with zero attached hydrogens (tertiary/aromatic N) is 6. The molecule has 0 unspecified atom stereocenters. The minimum Gasteiger partial charge on any atom is -0.369 e. The summed E-state index contributed by atoms with van der Waals surface area (Å²) >= 11 is 12.2. The molecule has 1 amide bonds. The number of tetrazole rings is 1. The van der Waals surface area contributed by atoms with Crippen molar-refractivity contribution in [2.24, 2.45) is 0 Å². The Balaban J connectivity index is 1.25. The molecule has 0 bridgehead atoms. The second-order valence-electron chi connectivity index (χ2n) is 8.27. The summed E-state index contributed by atoms with van der Waals surface area (Å²) in [7, 11) is -3.70. The fraction of sp³-hybridized carbons (Fsp3) is 0.167. The Morgan fingerprint density at radius 1 is 0.892 bits per heavy atom. The minimum atomic E-state index is -3.70. The highest BCUT2D eigenvalue weighted by Crippen LogP contribution is 2.27. The van der Waals surface area contributed by atoms with Crippen molar-refractivity contribution in [1.29, 1.82) is 0 Å². The van der Waals surface area contributed by atoms with Gasteiger partial charge in [0, 0.05) is 47.6 Å². The van der Waals surface area contributed by atoms with Gasteiger partial charge in [0.15, 0.2) is 0 Å². The molecule has 5 rings (SSSR count). The molecule has 0 atom stereocenters. The van der Waals surface area contributed by atoms with Crippen LogP contribution in [0.2, 0.25) is 10.0 Å². The number of sulfonamides is 1. The van der Waals surface area contributed by atoms with Gasteiger partial charge >= 0.3 is 0 Å². The van der Waals surface area contributed by atoms with Crippen LogP contribution in [0, 0.1) is 0 Å². The molecule has 13 heteroatoms. The lowest BCUT2D eigenvalue weighted by Gasteiger charge is -2.35. The Bertz CT molecular complexity index is 1500. The van der Waals surface area contributed by atoms with Crippen molar-refractivity contribution in [3.8, 4) is 5.69 Å². The number of aromatic nitrogens is 4. The van der Waals surface area contributed by atoms with E-state index >= 15 is 0 Å². The number of piperazine rings is 1. The summed E-state index contributed by atoms with van der Waals surface area (Å²) in [6, 6.07) is 18.3. The number of carbonyl (C=O) groups is 1. The average Bonchev–Trinajstić information content (AvgIpc) is 3.44. The van der Waals surface area contributed by atoms with Gasteiger partial charge in [0.05, 0.1) is 16.1 Å². The molecule has 0 spiro atoms. The van der Waals surface area contributed by atoms with Crippen LogP contribution in [0.15, 0.2) is 78.0 Å². The minimum absolute atomic E-state index is 0.152. The van der Waals surface area contributed by atoms with Crippen molar-refractivity contribution >= 4 is 50.5 Å². The molecule has 0 saturated carbocycles. The predicted octanol–water partition coefficient (Wildman–Crippen LogP) is 3.73. The number of rotatable bonds is 6. The number of benzene rings is 3. The van der Waals surface area contributed by atoms with Crippen molar-refractivity contribution < 1.29 is 13.2 Å². The SMILES string of the molecule is O=C(Nc1ccc(S(=O)(=O)N2CCN(c3cc(Cl)cc(Cl)c3)CC2)cc1)c1ccccc1-n1cnnn1. The summed E-state index contributed by atoms with van der Waals surface area (Å²) in [4.78, 5) is 15.1. The first-order valence-corrected chi connectivity index (χ1v) is 13.5. The topological polar surface area (TPSA) is 113 Å². The number of amides is 1. The summed E-state index contributed by atoms with van der Waals surface area (Å²) in [6.45, 7) is 1.65. The van der Waals surface area contributed by atoms with Gasteiger partial charge in [-0.05, 0) is 65.0 Å². The summed E-state index contributed by atoms with van der Waals surface area (Å²) in [5.74, 6) is -0.376. The number of nitrogens with one attached hydrogen (secondary N) is 1. The van der Waals surface area contributed by atoms with Gasteiger partial charge in [0.1, 0.15) is 6.33 Å². The molecular formula is C24H21Cl2N7O3S. The fourth-order valence-electron chi connectivity index (χ4n) is 4.10. The molecule has 1 fully saturated rings.